The van der Waals surface area contributed by atoms with Crippen molar-refractivity contribution in [1.82, 2.24) is 15.1 Å². The Labute approximate surface area is 92.4 Å². The molecule has 0 aromatic carbocycles. The molecule has 2 amide bonds. The Morgan fingerprint density at radius 1 is 1.25 bits per heavy atom. The number of hydrogen-bond acceptors (Lipinski definition) is 2. The van der Waals surface area contributed by atoms with Crippen molar-refractivity contribution in [2.24, 2.45) is 0 Å². The lowest BCUT2D eigenvalue weighted by molar-refractivity contribution is -0.123. The second-order valence-corrected chi connectivity index (χ2v) is 3.92. The first kappa shape index (κ1) is 13.1. The molecule has 0 radical (unpaired) electrons. The maximum absolute atomic E-state index is 11.9. The molecule has 1 aliphatic rings. The molecule has 0 saturated carbocycles. The van der Waals surface area contributed by atoms with Gasteiger partial charge in [-0.3, -0.25) is 0 Å². The van der Waals surface area contributed by atoms with Crippen LogP contribution < -0.4 is 5.32 Å². The summed E-state index contributed by atoms with van der Waals surface area (Å²) in [6.45, 7) is 1.27. The first-order chi connectivity index (χ1) is 7.38. The summed E-state index contributed by atoms with van der Waals surface area (Å²) in [6.07, 6.45) is -3.56. The molecular weight excluding hydrogens is 223 g/mol. The number of carbonyl (C=O) groups excluding carboxylic acids is 1. The minimum Gasteiger partial charge on any atom is -0.329 e. The van der Waals surface area contributed by atoms with Crippen molar-refractivity contribution in [3.8, 4) is 0 Å². The van der Waals surface area contributed by atoms with Crippen molar-refractivity contribution >= 4 is 6.03 Å². The van der Waals surface area contributed by atoms with Gasteiger partial charge in [0.15, 0.2) is 0 Å². The van der Waals surface area contributed by atoms with Gasteiger partial charge in [-0.25, -0.2) is 4.79 Å². The van der Waals surface area contributed by atoms with Gasteiger partial charge in [-0.1, -0.05) is 0 Å². The average Bonchev–Trinajstić information content (AvgIpc) is 2.38. The molecule has 7 heteroatoms. The fourth-order valence-electron chi connectivity index (χ4n) is 1.54. The topological polar surface area (TPSA) is 35.6 Å². The second kappa shape index (κ2) is 5.38. The van der Waals surface area contributed by atoms with Crippen LogP contribution in [0, 0.1) is 0 Å². The number of urea groups is 1. The molecule has 1 heterocycles. The molecule has 0 aromatic heterocycles. The summed E-state index contributed by atoms with van der Waals surface area (Å²) < 4.78 is 35.7. The van der Waals surface area contributed by atoms with Gasteiger partial charge in [0.25, 0.3) is 0 Å². The number of rotatable bonds is 1. The van der Waals surface area contributed by atoms with E-state index in [1.807, 2.05) is 12.4 Å². The van der Waals surface area contributed by atoms with Crippen LogP contribution in [0.3, 0.4) is 0 Å². The van der Waals surface area contributed by atoms with Crippen LogP contribution >= 0.6 is 0 Å². The Morgan fingerprint density at radius 3 is 2.56 bits per heavy atom. The Kier molecular flexibility index (Phi) is 4.40. The average molecular weight is 239 g/mol. The fourth-order valence-corrected chi connectivity index (χ4v) is 1.54. The van der Waals surface area contributed by atoms with Crippen LogP contribution in [0.25, 0.3) is 0 Å². The second-order valence-electron chi connectivity index (χ2n) is 3.92. The number of nitrogens with one attached hydrogen (secondary N) is 1. The van der Waals surface area contributed by atoms with Gasteiger partial charge in [0.1, 0.15) is 6.54 Å². The first-order valence-corrected chi connectivity index (χ1v) is 5.16. The van der Waals surface area contributed by atoms with E-state index in [4.69, 9.17) is 0 Å². The summed E-state index contributed by atoms with van der Waals surface area (Å²) in [5.41, 5.74) is 0. The SMILES string of the molecule is CN1CCCN(C(=O)NCC(F)(F)F)CC1. The Hall–Kier alpha value is -0.980. The van der Waals surface area contributed by atoms with Crippen LogP contribution in [0.1, 0.15) is 6.42 Å². The zero-order chi connectivity index (χ0) is 12.2. The molecule has 94 valence electrons. The van der Waals surface area contributed by atoms with Gasteiger partial charge in [-0.05, 0) is 20.0 Å². The molecule has 0 unspecified atom stereocenters. The quantitative estimate of drug-likeness (QED) is 0.737. The van der Waals surface area contributed by atoms with Crippen LogP contribution in [-0.4, -0.2) is 61.8 Å². The molecule has 1 rings (SSSR count). The zero-order valence-corrected chi connectivity index (χ0v) is 9.18. The lowest BCUT2D eigenvalue weighted by Gasteiger charge is -2.21. The standard InChI is InChI=1S/C9H16F3N3O/c1-14-3-2-4-15(6-5-14)8(16)13-7-9(10,11)12/h2-7H2,1H3,(H,13,16). The highest BCUT2D eigenvalue weighted by Gasteiger charge is 2.29. The van der Waals surface area contributed by atoms with Crippen molar-refractivity contribution in [3.63, 3.8) is 0 Å². The van der Waals surface area contributed by atoms with Gasteiger partial charge < -0.3 is 15.1 Å². The summed E-state index contributed by atoms with van der Waals surface area (Å²) in [5.74, 6) is 0. The number of carbonyl (C=O) groups is 1. The number of likely N-dealkylation sites (N-methyl/N-ethyl adjacent to an activating group) is 1. The van der Waals surface area contributed by atoms with Gasteiger partial charge >= 0.3 is 12.2 Å². The van der Waals surface area contributed by atoms with E-state index in [-0.39, 0.29) is 0 Å². The maximum atomic E-state index is 11.9. The fraction of sp³-hybridized carbons (Fsp3) is 0.889. The molecule has 0 spiro atoms. The highest BCUT2D eigenvalue weighted by atomic mass is 19.4. The summed E-state index contributed by atoms with van der Waals surface area (Å²) in [5, 5.41) is 1.88. The van der Waals surface area contributed by atoms with Crippen molar-refractivity contribution in [2.75, 3.05) is 39.8 Å². The van der Waals surface area contributed by atoms with Gasteiger partial charge in [-0.15, -0.1) is 0 Å². The Balaban J connectivity index is 2.35. The van der Waals surface area contributed by atoms with Gasteiger partial charge in [0.05, 0.1) is 0 Å². The van der Waals surface area contributed by atoms with Crippen LogP contribution in [0.4, 0.5) is 18.0 Å². The van der Waals surface area contributed by atoms with Crippen molar-refractivity contribution in [1.29, 1.82) is 0 Å². The smallest absolute Gasteiger partial charge is 0.329 e. The molecule has 16 heavy (non-hydrogen) atoms. The molecule has 1 aliphatic heterocycles. The monoisotopic (exact) mass is 239 g/mol. The molecule has 0 atom stereocenters. The van der Waals surface area contributed by atoms with E-state index in [9.17, 15) is 18.0 Å². The minimum atomic E-state index is -4.35. The number of hydrogen-bond donors (Lipinski definition) is 1. The van der Waals surface area contributed by atoms with Crippen LogP contribution in [0.2, 0.25) is 0 Å². The largest absolute Gasteiger partial charge is 0.405 e. The van der Waals surface area contributed by atoms with Crippen LogP contribution in [-0.2, 0) is 0 Å². The molecule has 0 bridgehead atoms. The van der Waals surface area contributed by atoms with Crippen LogP contribution in [0.5, 0.6) is 0 Å². The number of amides is 2. The molecule has 1 N–H and O–H groups in total. The summed E-state index contributed by atoms with van der Waals surface area (Å²) in [4.78, 5) is 14.9. The third-order valence-electron chi connectivity index (χ3n) is 2.45. The lowest BCUT2D eigenvalue weighted by atomic mass is 10.4. The lowest BCUT2D eigenvalue weighted by Crippen LogP contribution is -2.45. The Morgan fingerprint density at radius 2 is 1.94 bits per heavy atom. The first-order valence-electron chi connectivity index (χ1n) is 5.16. The van der Waals surface area contributed by atoms with Gasteiger partial charge in [0.2, 0.25) is 0 Å². The summed E-state index contributed by atoms with van der Waals surface area (Å²) in [7, 11) is 1.93. The normalized spacial score (nSPS) is 19.4. The Bertz CT molecular complexity index is 245. The van der Waals surface area contributed by atoms with Crippen molar-refractivity contribution < 1.29 is 18.0 Å². The molecule has 4 nitrogen and oxygen atoms in total. The third-order valence-corrected chi connectivity index (χ3v) is 2.45. The van der Waals surface area contributed by atoms with Crippen molar-refractivity contribution in [3.05, 3.63) is 0 Å². The number of alkyl halides is 3. The van der Waals surface area contributed by atoms with Crippen LogP contribution in [0.15, 0.2) is 0 Å². The number of halogens is 3. The van der Waals surface area contributed by atoms with Gasteiger partial charge in [0, 0.05) is 19.6 Å². The van der Waals surface area contributed by atoms with E-state index in [0.29, 0.717) is 19.6 Å². The molecule has 0 aromatic rings. The molecule has 1 saturated heterocycles. The predicted octanol–water partition coefficient (Wildman–Crippen LogP) is 0.896. The minimum absolute atomic E-state index is 0.472. The molecule has 1 fully saturated rings. The zero-order valence-electron chi connectivity index (χ0n) is 9.18. The summed E-state index contributed by atoms with van der Waals surface area (Å²) in [6, 6.07) is -0.632. The predicted molar refractivity (Wildman–Crippen MR) is 53.1 cm³/mol. The highest BCUT2D eigenvalue weighted by Crippen LogP contribution is 2.12. The number of nitrogens with zero attached hydrogens (tertiary/aromatic N) is 2. The summed E-state index contributed by atoms with van der Waals surface area (Å²) >= 11 is 0. The van der Waals surface area contributed by atoms with E-state index in [0.717, 1.165) is 13.0 Å². The van der Waals surface area contributed by atoms with E-state index in [2.05, 4.69) is 4.90 Å². The third kappa shape index (κ3) is 4.69. The van der Waals surface area contributed by atoms with E-state index in [1.54, 1.807) is 0 Å². The van der Waals surface area contributed by atoms with Crippen molar-refractivity contribution in [2.45, 2.75) is 12.6 Å². The van der Waals surface area contributed by atoms with E-state index >= 15 is 0 Å². The highest BCUT2D eigenvalue weighted by molar-refractivity contribution is 5.74. The van der Waals surface area contributed by atoms with Gasteiger partial charge in [-0.2, -0.15) is 13.2 Å². The maximum Gasteiger partial charge on any atom is 0.405 e. The molecular formula is C9H16F3N3O. The molecule has 0 aliphatic carbocycles. The van der Waals surface area contributed by atoms with E-state index in [1.165, 1.54) is 4.90 Å². The van der Waals surface area contributed by atoms with E-state index < -0.39 is 18.8 Å².